The number of hydrogen-bond acceptors (Lipinski definition) is 3. The molecule has 1 saturated heterocycles. The molecule has 1 saturated carbocycles. The van der Waals surface area contributed by atoms with E-state index in [0.717, 1.165) is 0 Å². The first-order valence-electron chi connectivity index (χ1n) is 7.82. The van der Waals surface area contributed by atoms with Gasteiger partial charge in [0, 0.05) is 12.0 Å². The number of piperidine rings is 1. The van der Waals surface area contributed by atoms with E-state index in [1.807, 2.05) is 0 Å². The van der Waals surface area contributed by atoms with Crippen LogP contribution >= 0.6 is 0 Å². The van der Waals surface area contributed by atoms with E-state index in [-0.39, 0.29) is 32.2 Å². The fraction of sp³-hybridized carbons (Fsp3) is 0.929. The zero-order valence-electron chi connectivity index (χ0n) is 12.8. The van der Waals surface area contributed by atoms with Crippen LogP contribution in [0.5, 0.6) is 0 Å². The molecule has 0 aromatic heterocycles. The van der Waals surface area contributed by atoms with Crippen LogP contribution < -0.4 is 10.6 Å². The molecule has 0 radical (unpaired) electrons. The molecule has 3 N–H and O–H groups in total. The third-order valence-electron chi connectivity index (χ3n) is 4.86. The summed E-state index contributed by atoms with van der Waals surface area (Å²) in [6, 6.07) is -2.30. The van der Waals surface area contributed by atoms with Crippen LogP contribution in [0.2, 0.25) is 0 Å². The average molecular weight is 362 g/mol. The second-order valence-electron chi connectivity index (χ2n) is 6.58. The molecule has 1 aliphatic carbocycles. The molecule has 4 nitrogen and oxygen atoms in total. The minimum atomic E-state index is -4.73. The number of halogens is 6. The highest BCUT2D eigenvalue weighted by Crippen LogP contribution is 2.41. The second-order valence-corrected chi connectivity index (χ2v) is 6.58. The van der Waals surface area contributed by atoms with Crippen LogP contribution in [0.15, 0.2) is 0 Å². The zero-order chi connectivity index (χ0) is 18.2. The lowest BCUT2D eigenvalue weighted by atomic mass is 9.81. The first-order valence-corrected chi connectivity index (χ1v) is 7.82. The van der Waals surface area contributed by atoms with E-state index in [4.69, 9.17) is 0 Å². The SMILES string of the molecule is O=C(N[C@H]1CC[C@@](O)(C(F)(F)F)CC1)C1CCN[C@H](C(F)(F)F)C1. The number of alkyl halides is 6. The topological polar surface area (TPSA) is 61.4 Å². The number of carbonyl (C=O) groups excluding carboxylic acids is 1. The number of rotatable bonds is 2. The van der Waals surface area contributed by atoms with Crippen molar-refractivity contribution in [2.45, 2.75) is 68.6 Å². The summed E-state index contributed by atoms with van der Waals surface area (Å²) in [4.78, 5) is 12.1. The third kappa shape index (κ3) is 4.33. The summed E-state index contributed by atoms with van der Waals surface area (Å²) < 4.78 is 76.2. The second kappa shape index (κ2) is 6.70. The first kappa shape index (κ1) is 19.3. The monoisotopic (exact) mass is 362 g/mol. The van der Waals surface area contributed by atoms with Gasteiger partial charge in [-0.1, -0.05) is 0 Å². The minimum absolute atomic E-state index is 0.0563. The summed E-state index contributed by atoms with van der Waals surface area (Å²) in [7, 11) is 0. The molecule has 2 atom stereocenters. The molecule has 1 unspecified atom stereocenters. The fourth-order valence-electron chi connectivity index (χ4n) is 3.25. The predicted molar refractivity (Wildman–Crippen MR) is 72.0 cm³/mol. The quantitative estimate of drug-likeness (QED) is 0.661. The van der Waals surface area contributed by atoms with Crippen LogP contribution in [0.25, 0.3) is 0 Å². The van der Waals surface area contributed by atoms with Gasteiger partial charge in [-0.3, -0.25) is 4.79 Å². The van der Waals surface area contributed by atoms with Gasteiger partial charge in [0.15, 0.2) is 5.60 Å². The van der Waals surface area contributed by atoms with E-state index in [2.05, 4.69) is 10.6 Å². The zero-order valence-corrected chi connectivity index (χ0v) is 12.8. The molecule has 0 aromatic carbocycles. The highest BCUT2D eigenvalue weighted by atomic mass is 19.4. The Morgan fingerprint density at radius 1 is 1.08 bits per heavy atom. The van der Waals surface area contributed by atoms with Gasteiger partial charge in [-0.05, 0) is 45.1 Å². The molecule has 0 spiro atoms. The summed E-state index contributed by atoms with van der Waals surface area (Å²) >= 11 is 0. The van der Waals surface area contributed by atoms with E-state index in [1.165, 1.54) is 0 Å². The van der Waals surface area contributed by atoms with Gasteiger partial charge in [0.1, 0.15) is 6.04 Å². The first-order chi connectivity index (χ1) is 10.9. The van der Waals surface area contributed by atoms with Crippen LogP contribution in [-0.4, -0.2) is 47.6 Å². The van der Waals surface area contributed by atoms with Crippen molar-refractivity contribution in [3.05, 3.63) is 0 Å². The van der Waals surface area contributed by atoms with Crippen LogP contribution in [-0.2, 0) is 4.79 Å². The molecule has 2 aliphatic rings. The Kier molecular flexibility index (Phi) is 5.39. The predicted octanol–water partition coefficient (Wildman–Crippen LogP) is 2.27. The highest BCUT2D eigenvalue weighted by molar-refractivity contribution is 5.79. The van der Waals surface area contributed by atoms with Crippen LogP contribution in [0, 0.1) is 5.92 Å². The molecule has 0 aromatic rings. The van der Waals surface area contributed by atoms with E-state index in [0.29, 0.717) is 0 Å². The van der Waals surface area contributed by atoms with Crippen molar-refractivity contribution < 1.29 is 36.2 Å². The number of nitrogens with one attached hydrogen (secondary N) is 2. The Morgan fingerprint density at radius 2 is 1.67 bits per heavy atom. The van der Waals surface area contributed by atoms with E-state index < -0.39 is 54.7 Å². The molecule has 1 heterocycles. The van der Waals surface area contributed by atoms with Crippen LogP contribution in [0.4, 0.5) is 26.3 Å². The fourth-order valence-corrected chi connectivity index (χ4v) is 3.25. The highest BCUT2D eigenvalue weighted by Gasteiger charge is 2.54. The maximum Gasteiger partial charge on any atom is 0.417 e. The third-order valence-corrected chi connectivity index (χ3v) is 4.86. The van der Waals surface area contributed by atoms with Crippen molar-refractivity contribution in [1.29, 1.82) is 0 Å². The standard InChI is InChI=1S/C14H20F6N2O2/c15-13(16,17)10-7-8(3-6-21-10)11(23)22-9-1-4-12(24,5-2-9)14(18,19)20/h8-10,21,24H,1-7H2,(H,22,23)/t8?,9-,10-,12-/m0/s1. The molecule has 1 amide bonds. The Hall–Kier alpha value is -1.03. The number of hydrogen-bond donors (Lipinski definition) is 3. The van der Waals surface area contributed by atoms with Crippen molar-refractivity contribution in [1.82, 2.24) is 10.6 Å². The van der Waals surface area contributed by atoms with E-state index in [9.17, 15) is 36.2 Å². The van der Waals surface area contributed by atoms with Gasteiger partial charge in [-0.25, -0.2) is 0 Å². The van der Waals surface area contributed by atoms with Gasteiger partial charge >= 0.3 is 12.4 Å². The summed E-state index contributed by atoms with van der Waals surface area (Å²) in [5, 5.41) is 14.4. The van der Waals surface area contributed by atoms with Crippen molar-refractivity contribution in [2.75, 3.05) is 6.54 Å². The molecule has 10 heteroatoms. The van der Waals surface area contributed by atoms with Crippen molar-refractivity contribution >= 4 is 5.91 Å². The normalized spacial score (nSPS) is 35.5. The molecule has 0 bridgehead atoms. The van der Waals surface area contributed by atoms with Crippen molar-refractivity contribution in [3.63, 3.8) is 0 Å². The Morgan fingerprint density at radius 3 is 2.17 bits per heavy atom. The Balaban J connectivity index is 1.86. The summed E-state index contributed by atoms with van der Waals surface area (Å²) in [6.07, 6.45) is -10.5. The summed E-state index contributed by atoms with van der Waals surface area (Å²) in [6.45, 7) is 0.0563. The maximum absolute atomic E-state index is 12.7. The van der Waals surface area contributed by atoms with Crippen molar-refractivity contribution in [3.8, 4) is 0 Å². The maximum atomic E-state index is 12.7. The number of carbonyl (C=O) groups is 1. The van der Waals surface area contributed by atoms with Gasteiger partial charge in [-0.2, -0.15) is 26.3 Å². The molecule has 24 heavy (non-hydrogen) atoms. The Labute approximate surface area is 135 Å². The van der Waals surface area contributed by atoms with E-state index >= 15 is 0 Å². The van der Waals surface area contributed by atoms with Gasteiger partial charge in [0.05, 0.1) is 0 Å². The molecule has 2 fully saturated rings. The van der Waals surface area contributed by atoms with Crippen LogP contribution in [0.3, 0.4) is 0 Å². The van der Waals surface area contributed by atoms with Gasteiger partial charge in [0.2, 0.25) is 5.91 Å². The average Bonchev–Trinajstić information content (AvgIpc) is 2.48. The molecule has 1 aliphatic heterocycles. The molecule has 140 valence electrons. The van der Waals surface area contributed by atoms with Crippen LogP contribution in [0.1, 0.15) is 38.5 Å². The smallest absolute Gasteiger partial charge is 0.380 e. The minimum Gasteiger partial charge on any atom is -0.380 e. The largest absolute Gasteiger partial charge is 0.417 e. The lowest BCUT2D eigenvalue weighted by Gasteiger charge is -2.38. The summed E-state index contributed by atoms with van der Waals surface area (Å²) in [5.41, 5.74) is -2.75. The van der Waals surface area contributed by atoms with Gasteiger partial charge in [-0.15, -0.1) is 0 Å². The summed E-state index contributed by atoms with van der Waals surface area (Å²) in [5.74, 6) is -1.38. The molecular weight excluding hydrogens is 342 g/mol. The molecule has 2 rings (SSSR count). The van der Waals surface area contributed by atoms with Gasteiger partial charge in [0.25, 0.3) is 0 Å². The number of amides is 1. The van der Waals surface area contributed by atoms with E-state index in [1.54, 1.807) is 0 Å². The van der Waals surface area contributed by atoms with Crippen molar-refractivity contribution in [2.24, 2.45) is 5.92 Å². The lowest BCUT2D eigenvalue weighted by molar-refractivity contribution is -0.270. The van der Waals surface area contributed by atoms with Gasteiger partial charge < -0.3 is 15.7 Å². The Bertz CT molecular complexity index is 457. The molecular formula is C14H20F6N2O2. The lowest BCUT2D eigenvalue weighted by Crippen LogP contribution is -2.54. The number of aliphatic hydroxyl groups is 1.